The highest BCUT2D eigenvalue weighted by molar-refractivity contribution is 8.00. The van der Waals surface area contributed by atoms with Crippen LogP contribution in [-0.4, -0.2) is 24.4 Å². The third-order valence-corrected chi connectivity index (χ3v) is 1.81. The van der Waals surface area contributed by atoms with Crippen molar-refractivity contribution in [3.63, 3.8) is 0 Å². The van der Waals surface area contributed by atoms with Crippen LogP contribution in [0.15, 0.2) is 11.6 Å². The summed E-state index contributed by atoms with van der Waals surface area (Å²) in [6.07, 6.45) is 1.62. The van der Waals surface area contributed by atoms with Gasteiger partial charge in [0.05, 0.1) is 0 Å². The Kier molecular flexibility index (Phi) is 6.70. The van der Waals surface area contributed by atoms with Gasteiger partial charge in [0.15, 0.2) is 0 Å². The first-order valence-corrected chi connectivity index (χ1v) is 4.65. The van der Waals surface area contributed by atoms with E-state index in [1.54, 1.807) is 6.08 Å². The third kappa shape index (κ3) is 10.1. The number of halogens is 4. The second-order valence-electron chi connectivity index (χ2n) is 1.86. The second kappa shape index (κ2) is 6.62. The Hall–Kier alpha value is 0.130. The Morgan fingerprint density at radius 2 is 2.08 bits per heavy atom. The zero-order chi connectivity index (χ0) is 9.45. The lowest BCUT2D eigenvalue weighted by molar-refractivity contribution is -0.0327. The fraction of sp³-hybridized carbons (Fsp3) is 0.667. The van der Waals surface area contributed by atoms with Crippen LogP contribution in [0.2, 0.25) is 0 Å². The Morgan fingerprint density at radius 3 is 2.58 bits per heavy atom. The van der Waals surface area contributed by atoms with E-state index in [0.717, 1.165) is 0 Å². The summed E-state index contributed by atoms with van der Waals surface area (Å²) in [7, 11) is 0. The van der Waals surface area contributed by atoms with Crippen molar-refractivity contribution in [2.24, 2.45) is 0 Å². The van der Waals surface area contributed by atoms with Crippen molar-refractivity contribution in [3.05, 3.63) is 11.6 Å². The molecular formula is C6H9ClF3NS. The maximum absolute atomic E-state index is 11.5. The molecule has 12 heavy (non-hydrogen) atoms. The molecule has 0 rings (SSSR count). The van der Waals surface area contributed by atoms with Crippen LogP contribution in [0, 0.1) is 0 Å². The zero-order valence-corrected chi connectivity index (χ0v) is 7.77. The molecule has 0 heterocycles. The first-order valence-electron chi connectivity index (χ1n) is 3.23. The molecule has 0 saturated carbocycles. The number of rotatable bonds is 5. The van der Waals surface area contributed by atoms with Crippen LogP contribution < -0.4 is 5.32 Å². The first-order chi connectivity index (χ1) is 5.56. The highest BCUT2D eigenvalue weighted by Gasteiger charge is 2.27. The van der Waals surface area contributed by atoms with Gasteiger partial charge in [-0.05, 0) is 11.8 Å². The van der Waals surface area contributed by atoms with E-state index < -0.39 is 5.51 Å². The maximum Gasteiger partial charge on any atom is 0.441 e. The van der Waals surface area contributed by atoms with Crippen molar-refractivity contribution in [3.8, 4) is 0 Å². The van der Waals surface area contributed by atoms with Gasteiger partial charge >= 0.3 is 5.51 Å². The van der Waals surface area contributed by atoms with Gasteiger partial charge in [-0.25, -0.2) is 0 Å². The number of nitrogens with one attached hydrogen (secondary N) is 1. The predicted molar refractivity (Wildman–Crippen MR) is 46.4 cm³/mol. The lowest BCUT2D eigenvalue weighted by atomic mass is 10.6. The SMILES string of the molecule is FC(F)(F)SCCNC/C=C/Cl. The van der Waals surface area contributed by atoms with Crippen LogP contribution in [-0.2, 0) is 0 Å². The molecule has 0 radical (unpaired) electrons. The molecule has 1 N–H and O–H groups in total. The molecular weight excluding hydrogens is 211 g/mol. The standard InChI is InChI=1S/C6H9ClF3NS/c7-2-1-3-11-4-5-12-6(8,9)10/h1-2,11H,3-5H2/b2-1+. The molecule has 0 spiro atoms. The lowest BCUT2D eigenvalue weighted by Gasteiger charge is -2.04. The van der Waals surface area contributed by atoms with Crippen LogP contribution in [0.1, 0.15) is 0 Å². The molecule has 6 heteroatoms. The average molecular weight is 220 g/mol. The van der Waals surface area contributed by atoms with E-state index in [9.17, 15) is 13.2 Å². The largest absolute Gasteiger partial charge is 0.441 e. The van der Waals surface area contributed by atoms with Crippen LogP contribution >= 0.6 is 23.4 Å². The van der Waals surface area contributed by atoms with E-state index in [1.807, 2.05) is 0 Å². The summed E-state index contributed by atoms with van der Waals surface area (Å²) in [4.78, 5) is 0. The van der Waals surface area contributed by atoms with Crippen molar-refractivity contribution in [2.75, 3.05) is 18.8 Å². The summed E-state index contributed by atoms with van der Waals surface area (Å²) in [5.41, 5.74) is -2.80. The van der Waals surface area contributed by atoms with Gasteiger partial charge in [-0.2, -0.15) is 13.2 Å². The highest BCUT2D eigenvalue weighted by Crippen LogP contribution is 2.29. The summed E-state index contributed by atoms with van der Waals surface area (Å²) in [5, 5.41) is 2.77. The second-order valence-corrected chi connectivity index (χ2v) is 3.27. The first kappa shape index (κ1) is 12.1. The average Bonchev–Trinajstić information content (AvgIpc) is 1.94. The zero-order valence-electron chi connectivity index (χ0n) is 6.20. The van der Waals surface area contributed by atoms with E-state index in [-0.39, 0.29) is 17.5 Å². The molecule has 0 atom stereocenters. The van der Waals surface area contributed by atoms with Crippen LogP contribution in [0.3, 0.4) is 0 Å². The Labute approximate surface area is 78.3 Å². The summed E-state index contributed by atoms with van der Waals surface area (Å²) in [6, 6.07) is 0. The Morgan fingerprint density at radius 1 is 1.42 bits per heavy atom. The summed E-state index contributed by atoms with van der Waals surface area (Å²) in [6.45, 7) is 0.827. The predicted octanol–water partition coefficient (Wildman–Crippen LogP) is 2.58. The molecule has 0 fully saturated rings. The van der Waals surface area contributed by atoms with Crippen LogP contribution in [0.5, 0.6) is 0 Å². The topological polar surface area (TPSA) is 12.0 Å². The van der Waals surface area contributed by atoms with Gasteiger partial charge in [0, 0.05) is 24.4 Å². The highest BCUT2D eigenvalue weighted by atomic mass is 35.5. The number of alkyl halides is 3. The molecule has 0 aromatic rings. The van der Waals surface area contributed by atoms with E-state index in [1.165, 1.54) is 5.54 Å². The van der Waals surface area contributed by atoms with Gasteiger partial charge in [-0.3, -0.25) is 0 Å². The monoisotopic (exact) mass is 219 g/mol. The van der Waals surface area contributed by atoms with Gasteiger partial charge in [-0.15, -0.1) is 0 Å². The van der Waals surface area contributed by atoms with Crippen LogP contribution in [0.25, 0.3) is 0 Å². The van der Waals surface area contributed by atoms with Crippen molar-refractivity contribution in [1.82, 2.24) is 5.32 Å². The molecule has 0 aliphatic heterocycles. The third-order valence-electron chi connectivity index (χ3n) is 0.896. The summed E-state index contributed by atoms with van der Waals surface area (Å²) < 4.78 is 34.6. The molecule has 72 valence electrons. The van der Waals surface area contributed by atoms with Gasteiger partial charge in [0.1, 0.15) is 0 Å². The normalized spacial score (nSPS) is 12.7. The van der Waals surface area contributed by atoms with E-state index in [0.29, 0.717) is 13.1 Å². The van der Waals surface area contributed by atoms with E-state index in [2.05, 4.69) is 5.32 Å². The number of hydrogen-bond acceptors (Lipinski definition) is 2. The molecule has 0 bridgehead atoms. The summed E-state index contributed by atoms with van der Waals surface area (Å²) in [5.74, 6) is 0.0274. The Balaban J connectivity index is 3.11. The Bertz CT molecular complexity index is 137. The fourth-order valence-electron chi connectivity index (χ4n) is 0.469. The summed E-state index contributed by atoms with van der Waals surface area (Å²) >= 11 is 5.15. The van der Waals surface area contributed by atoms with Gasteiger partial charge in [-0.1, -0.05) is 17.7 Å². The minimum atomic E-state index is -4.12. The van der Waals surface area contributed by atoms with Crippen molar-refractivity contribution < 1.29 is 13.2 Å². The van der Waals surface area contributed by atoms with Crippen LogP contribution in [0.4, 0.5) is 13.2 Å². The molecule has 0 aliphatic carbocycles. The number of hydrogen-bond donors (Lipinski definition) is 1. The molecule has 0 saturated heterocycles. The molecule has 0 aromatic carbocycles. The smallest absolute Gasteiger partial charge is 0.312 e. The van der Waals surface area contributed by atoms with Gasteiger partial charge < -0.3 is 5.32 Å². The molecule has 0 aliphatic rings. The minimum Gasteiger partial charge on any atom is -0.312 e. The molecule has 0 unspecified atom stereocenters. The van der Waals surface area contributed by atoms with E-state index >= 15 is 0 Å². The van der Waals surface area contributed by atoms with E-state index in [4.69, 9.17) is 11.6 Å². The molecule has 1 nitrogen and oxygen atoms in total. The lowest BCUT2D eigenvalue weighted by Crippen LogP contribution is -2.18. The van der Waals surface area contributed by atoms with Crippen molar-refractivity contribution in [2.45, 2.75) is 5.51 Å². The van der Waals surface area contributed by atoms with Gasteiger partial charge in [0.25, 0.3) is 0 Å². The molecule has 0 amide bonds. The minimum absolute atomic E-state index is 0.0274. The van der Waals surface area contributed by atoms with Crippen molar-refractivity contribution in [1.29, 1.82) is 0 Å². The number of thioether (sulfide) groups is 1. The molecule has 0 aromatic heterocycles. The fourth-order valence-corrected chi connectivity index (χ4v) is 1.04. The van der Waals surface area contributed by atoms with Gasteiger partial charge in [0.2, 0.25) is 0 Å². The quantitative estimate of drug-likeness (QED) is 0.714. The van der Waals surface area contributed by atoms with Crippen molar-refractivity contribution >= 4 is 23.4 Å². The maximum atomic E-state index is 11.5.